The summed E-state index contributed by atoms with van der Waals surface area (Å²) in [5, 5.41) is 2.89. The smallest absolute Gasteiger partial charge is 0.270 e. The van der Waals surface area contributed by atoms with Gasteiger partial charge in [-0.3, -0.25) is 4.79 Å². The quantitative estimate of drug-likeness (QED) is 0.901. The van der Waals surface area contributed by atoms with Gasteiger partial charge in [-0.15, -0.1) is 0 Å². The van der Waals surface area contributed by atoms with Crippen molar-refractivity contribution in [2.45, 2.75) is 20.4 Å². The minimum atomic E-state index is -0.163. The number of pyridine rings is 2. The third-order valence-electron chi connectivity index (χ3n) is 4.53. The fraction of sp³-hybridized carbons (Fsp3) is 0.421. The molecular weight excluding hydrogens is 314 g/mol. The van der Waals surface area contributed by atoms with Crippen molar-refractivity contribution in [3.63, 3.8) is 0 Å². The van der Waals surface area contributed by atoms with Crippen LogP contribution in [-0.4, -0.2) is 53.5 Å². The lowest BCUT2D eigenvalue weighted by atomic mass is 10.2. The molecule has 1 amide bonds. The summed E-state index contributed by atoms with van der Waals surface area (Å²) in [6, 6.07) is 9.50. The molecule has 132 valence electrons. The molecule has 3 heterocycles. The first-order valence-electron chi connectivity index (χ1n) is 8.80. The van der Waals surface area contributed by atoms with Gasteiger partial charge < -0.3 is 15.1 Å². The number of nitrogens with zero attached hydrogens (tertiary/aromatic N) is 4. The van der Waals surface area contributed by atoms with Crippen molar-refractivity contribution in [3.8, 4) is 0 Å². The first-order valence-corrected chi connectivity index (χ1v) is 8.80. The summed E-state index contributed by atoms with van der Waals surface area (Å²) in [7, 11) is 0. The van der Waals surface area contributed by atoms with Crippen LogP contribution in [-0.2, 0) is 6.54 Å². The molecule has 2 aromatic rings. The van der Waals surface area contributed by atoms with Crippen LogP contribution in [0.25, 0.3) is 0 Å². The predicted octanol–water partition coefficient (Wildman–Crippen LogP) is 1.86. The average Bonchev–Trinajstić information content (AvgIpc) is 2.66. The van der Waals surface area contributed by atoms with E-state index in [1.165, 1.54) is 0 Å². The van der Waals surface area contributed by atoms with Gasteiger partial charge in [0.05, 0.1) is 0 Å². The maximum atomic E-state index is 12.1. The van der Waals surface area contributed by atoms with Gasteiger partial charge in [-0.25, -0.2) is 9.97 Å². The summed E-state index contributed by atoms with van der Waals surface area (Å²) in [6.45, 7) is 9.81. The fourth-order valence-electron chi connectivity index (χ4n) is 2.94. The van der Waals surface area contributed by atoms with Gasteiger partial charge >= 0.3 is 0 Å². The molecular formula is C19H25N5O. The molecule has 0 aliphatic carbocycles. The molecule has 1 saturated heterocycles. The summed E-state index contributed by atoms with van der Waals surface area (Å²) in [4.78, 5) is 25.7. The van der Waals surface area contributed by atoms with Crippen LogP contribution in [0.2, 0.25) is 0 Å². The van der Waals surface area contributed by atoms with Gasteiger partial charge in [-0.2, -0.15) is 0 Å². The van der Waals surface area contributed by atoms with Gasteiger partial charge in [0.15, 0.2) is 0 Å². The number of carbonyl (C=O) groups is 1. The Morgan fingerprint density at radius 3 is 2.60 bits per heavy atom. The van der Waals surface area contributed by atoms with Crippen LogP contribution < -0.4 is 10.2 Å². The minimum absolute atomic E-state index is 0.163. The summed E-state index contributed by atoms with van der Waals surface area (Å²) in [5.41, 5.74) is 2.26. The first kappa shape index (κ1) is 17.4. The van der Waals surface area contributed by atoms with Crippen LogP contribution in [0.1, 0.15) is 28.7 Å². The fourth-order valence-corrected chi connectivity index (χ4v) is 2.94. The average molecular weight is 339 g/mol. The lowest BCUT2D eigenvalue weighted by Gasteiger charge is -2.34. The molecule has 0 bridgehead atoms. The highest BCUT2D eigenvalue weighted by Gasteiger charge is 2.16. The molecule has 2 aromatic heterocycles. The zero-order chi connectivity index (χ0) is 17.6. The minimum Gasteiger partial charge on any atom is -0.354 e. The number of carbonyl (C=O) groups excluding carboxylic acids is 1. The maximum absolute atomic E-state index is 12.1. The van der Waals surface area contributed by atoms with Crippen LogP contribution in [0, 0.1) is 6.92 Å². The number of piperazine rings is 1. The number of anilines is 1. The Hall–Kier alpha value is -2.47. The molecule has 0 unspecified atom stereocenters. The van der Waals surface area contributed by atoms with Gasteiger partial charge in [0.2, 0.25) is 0 Å². The molecule has 0 saturated carbocycles. The number of aryl methyl sites for hydroxylation is 1. The largest absolute Gasteiger partial charge is 0.354 e. The topological polar surface area (TPSA) is 61.4 Å². The van der Waals surface area contributed by atoms with E-state index in [2.05, 4.69) is 32.0 Å². The lowest BCUT2D eigenvalue weighted by molar-refractivity contribution is 0.0945. The molecule has 3 rings (SSSR count). The molecule has 25 heavy (non-hydrogen) atoms. The van der Waals surface area contributed by atoms with Gasteiger partial charge in [-0.05, 0) is 37.2 Å². The number of likely N-dealkylation sites (N-methyl/N-ethyl adjacent to an activating group) is 1. The van der Waals surface area contributed by atoms with Crippen LogP contribution in [0.5, 0.6) is 0 Å². The van der Waals surface area contributed by atoms with E-state index in [9.17, 15) is 4.79 Å². The Bertz CT molecular complexity index is 708. The Morgan fingerprint density at radius 2 is 1.96 bits per heavy atom. The summed E-state index contributed by atoms with van der Waals surface area (Å²) >= 11 is 0. The van der Waals surface area contributed by atoms with E-state index in [1.54, 1.807) is 6.07 Å². The number of nitrogens with one attached hydrogen (secondary N) is 1. The highest BCUT2D eigenvalue weighted by atomic mass is 16.1. The molecule has 6 nitrogen and oxygen atoms in total. The van der Waals surface area contributed by atoms with E-state index in [-0.39, 0.29) is 5.91 Å². The molecule has 0 atom stereocenters. The van der Waals surface area contributed by atoms with E-state index >= 15 is 0 Å². The van der Waals surface area contributed by atoms with Crippen molar-refractivity contribution < 1.29 is 4.79 Å². The van der Waals surface area contributed by atoms with Crippen LogP contribution in [0.4, 0.5) is 5.82 Å². The van der Waals surface area contributed by atoms with Crippen molar-refractivity contribution in [2.24, 2.45) is 0 Å². The third-order valence-corrected chi connectivity index (χ3v) is 4.53. The summed E-state index contributed by atoms with van der Waals surface area (Å²) in [6.07, 6.45) is 1.84. The molecule has 1 aliphatic rings. The molecule has 6 heteroatoms. The second kappa shape index (κ2) is 8.07. The van der Waals surface area contributed by atoms with E-state index in [0.717, 1.165) is 49.8 Å². The predicted molar refractivity (Wildman–Crippen MR) is 98.7 cm³/mol. The van der Waals surface area contributed by atoms with Gasteiger partial charge in [0, 0.05) is 44.6 Å². The monoisotopic (exact) mass is 339 g/mol. The number of hydrogen-bond acceptors (Lipinski definition) is 5. The third kappa shape index (κ3) is 4.54. The first-order chi connectivity index (χ1) is 12.2. The van der Waals surface area contributed by atoms with Crippen molar-refractivity contribution >= 4 is 11.7 Å². The van der Waals surface area contributed by atoms with E-state index in [4.69, 9.17) is 0 Å². The number of aromatic nitrogens is 2. The van der Waals surface area contributed by atoms with Crippen molar-refractivity contribution in [3.05, 3.63) is 53.5 Å². The molecule has 1 N–H and O–H groups in total. The highest BCUT2D eigenvalue weighted by molar-refractivity contribution is 5.92. The zero-order valence-electron chi connectivity index (χ0n) is 14.9. The number of rotatable bonds is 5. The van der Waals surface area contributed by atoms with E-state index < -0.39 is 0 Å². The normalized spacial score (nSPS) is 15.2. The Kier molecular flexibility index (Phi) is 5.60. The Morgan fingerprint density at radius 1 is 1.16 bits per heavy atom. The van der Waals surface area contributed by atoms with Crippen molar-refractivity contribution in [1.82, 2.24) is 20.2 Å². The molecule has 1 fully saturated rings. The van der Waals surface area contributed by atoms with E-state index in [1.807, 2.05) is 37.4 Å². The Labute approximate surface area is 148 Å². The van der Waals surface area contributed by atoms with E-state index in [0.29, 0.717) is 12.2 Å². The van der Waals surface area contributed by atoms with Gasteiger partial charge in [0.1, 0.15) is 11.5 Å². The Balaban J connectivity index is 1.53. The van der Waals surface area contributed by atoms with Crippen LogP contribution in [0.15, 0.2) is 36.5 Å². The van der Waals surface area contributed by atoms with Crippen molar-refractivity contribution in [1.29, 1.82) is 0 Å². The van der Waals surface area contributed by atoms with Crippen LogP contribution >= 0.6 is 0 Å². The summed E-state index contributed by atoms with van der Waals surface area (Å²) in [5.74, 6) is 0.842. The van der Waals surface area contributed by atoms with Crippen molar-refractivity contribution in [2.75, 3.05) is 37.6 Å². The molecule has 0 radical (unpaired) electrons. The SMILES string of the molecule is CCN1CCN(c2ccc(CNC(=O)c3cccc(C)n3)cn2)CC1. The van der Waals surface area contributed by atoms with Gasteiger partial charge in [-0.1, -0.05) is 19.1 Å². The van der Waals surface area contributed by atoms with Crippen LogP contribution in [0.3, 0.4) is 0 Å². The number of hydrogen-bond donors (Lipinski definition) is 1. The van der Waals surface area contributed by atoms with Gasteiger partial charge in [0.25, 0.3) is 5.91 Å². The maximum Gasteiger partial charge on any atom is 0.270 e. The second-order valence-corrected chi connectivity index (χ2v) is 6.29. The zero-order valence-corrected chi connectivity index (χ0v) is 14.9. The molecule has 0 spiro atoms. The lowest BCUT2D eigenvalue weighted by Crippen LogP contribution is -2.46. The second-order valence-electron chi connectivity index (χ2n) is 6.29. The number of amides is 1. The summed E-state index contributed by atoms with van der Waals surface area (Å²) < 4.78 is 0. The standard InChI is InChI=1S/C19H25N5O/c1-3-23-9-11-24(12-10-23)18-8-7-16(13-20-18)14-21-19(25)17-6-4-5-15(2)22-17/h4-8,13H,3,9-12,14H2,1-2H3,(H,21,25). The molecule has 1 aliphatic heterocycles. The highest BCUT2D eigenvalue weighted by Crippen LogP contribution is 2.14. The molecule has 0 aromatic carbocycles.